The molecule has 1 unspecified atom stereocenters. The van der Waals surface area contributed by atoms with Gasteiger partial charge < -0.3 is 4.74 Å². The third-order valence-electron chi connectivity index (χ3n) is 4.55. The Morgan fingerprint density at radius 1 is 1.32 bits per heavy atom. The zero-order chi connectivity index (χ0) is 18.1. The Bertz CT molecular complexity index is 683. The van der Waals surface area contributed by atoms with Gasteiger partial charge in [0.05, 0.1) is 12.3 Å². The largest absolute Gasteiger partial charge is 0.416 e. The highest BCUT2D eigenvalue weighted by Crippen LogP contribution is 2.23. The predicted molar refractivity (Wildman–Crippen MR) is 92.8 cm³/mol. The van der Waals surface area contributed by atoms with Crippen LogP contribution in [0.2, 0.25) is 0 Å². The minimum absolute atomic E-state index is 0.202. The van der Waals surface area contributed by atoms with Crippen LogP contribution in [0.5, 0.6) is 0 Å². The minimum atomic E-state index is -0.565. The molecule has 3 rings (SSSR count). The number of imide groups is 1. The van der Waals surface area contributed by atoms with Crippen molar-refractivity contribution in [2.75, 3.05) is 40.4 Å². The number of guanidine groups is 1. The molecule has 0 aromatic rings. The zero-order valence-electron chi connectivity index (χ0n) is 15.2. The van der Waals surface area contributed by atoms with Gasteiger partial charge in [-0.1, -0.05) is 18.3 Å². The number of carbonyl (C=O) groups excluding carboxylic acids is 2. The van der Waals surface area contributed by atoms with Gasteiger partial charge in [-0.2, -0.15) is 0 Å². The summed E-state index contributed by atoms with van der Waals surface area (Å²) in [5.41, 5.74) is 0.892. The van der Waals surface area contributed by atoms with Crippen LogP contribution in [0.4, 0.5) is 4.79 Å². The van der Waals surface area contributed by atoms with Gasteiger partial charge in [0, 0.05) is 20.7 Å². The number of rotatable bonds is 6. The Labute approximate surface area is 147 Å². The molecule has 0 saturated carbocycles. The Morgan fingerprint density at radius 3 is 2.76 bits per heavy atom. The molecule has 3 aliphatic heterocycles. The molecule has 1 saturated heterocycles. The van der Waals surface area contributed by atoms with Crippen molar-refractivity contribution < 1.29 is 18.9 Å². The quantitative estimate of drug-likeness (QED) is 0.640. The second-order valence-electron chi connectivity index (χ2n) is 6.44. The number of fused-ring (bicyclic) bond motifs is 2. The van der Waals surface area contributed by atoms with Gasteiger partial charge in [0.2, 0.25) is 11.9 Å². The zero-order valence-corrected chi connectivity index (χ0v) is 15.2. The van der Waals surface area contributed by atoms with E-state index < -0.39 is 6.04 Å². The van der Waals surface area contributed by atoms with E-state index in [0.717, 1.165) is 18.6 Å². The number of nitrogens with zero attached hydrogens (tertiary/aromatic N) is 6. The van der Waals surface area contributed by atoms with Crippen molar-refractivity contribution in [2.45, 2.75) is 32.7 Å². The van der Waals surface area contributed by atoms with Gasteiger partial charge in [0.15, 0.2) is 0 Å². The normalized spacial score (nSPS) is 23.0. The number of aliphatic imine (C=N–C) groups is 1. The molecule has 0 aliphatic carbocycles. The fourth-order valence-corrected chi connectivity index (χ4v) is 3.25. The smallest absolute Gasteiger partial charge is 0.381 e. The van der Waals surface area contributed by atoms with Crippen LogP contribution in [0.1, 0.15) is 26.7 Å². The number of hydrazone groups is 1. The Kier molecular flexibility index (Phi) is 4.85. The molecule has 0 bridgehead atoms. The predicted octanol–water partition coefficient (Wildman–Crippen LogP) is 0.168. The first-order valence-electron chi connectivity index (χ1n) is 8.61. The summed E-state index contributed by atoms with van der Waals surface area (Å²) >= 11 is 0. The van der Waals surface area contributed by atoms with E-state index >= 15 is 0 Å². The summed E-state index contributed by atoms with van der Waals surface area (Å²) in [5, 5.41) is 6.26. The fraction of sp³-hybridized carbons (Fsp3) is 0.688. The summed E-state index contributed by atoms with van der Waals surface area (Å²) in [7, 11) is 3.30. The number of unbranched alkanes of at least 4 members (excludes halogenated alkanes) is 1. The molecule has 3 aliphatic rings. The average Bonchev–Trinajstić information content (AvgIpc) is 2.97. The van der Waals surface area contributed by atoms with Crippen LogP contribution in [-0.2, 0) is 9.53 Å². The number of hydrogen-bond donors (Lipinski definition) is 0. The highest BCUT2D eigenvalue weighted by atomic mass is 16.5. The molecule has 9 nitrogen and oxygen atoms in total. The molecule has 9 heteroatoms. The number of urea groups is 1. The number of amidine groups is 1. The van der Waals surface area contributed by atoms with Crippen molar-refractivity contribution in [1.82, 2.24) is 14.8 Å². The summed E-state index contributed by atoms with van der Waals surface area (Å²) in [6.45, 7) is 5.95. The Balaban J connectivity index is 1.94. The van der Waals surface area contributed by atoms with Crippen LogP contribution in [0.15, 0.2) is 10.1 Å². The molecule has 136 valence electrons. The van der Waals surface area contributed by atoms with Gasteiger partial charge in [-0.3, -0.25) is 14.6 Å². The van der Waals surface area contributed by atoms with Crippen LogP contribution in [0.25, 0.3) is 0 Å². The van der Waals surface area contributed by atoms with Gasteiger partial charge in [0.25, 0.3) is 5.91 Å². The number of amides is 3. The first-order valence-corrected chi connectivity index (χ1v) is 8.61. The van der Waals surface area contributed by atoms with Gasteiger partial charge in [-0.25, -0.2) is 9.37 Å². The molecule has 1 atom stereocenters. The summed E-state index contributed by atoms with van der Waals surface area (Å²) < 4.78 is 7.06. The molecule has 0 spiro atoms. The van der Waals surface area contributed by atoms with E-state index in [4.69, 9.17) is 4.74 Å². The Hall–Kier alpha value is -2.29. The van der Waals surface area contributed by atoms with Crippen LogP contribution in [0.3, 0.4) is 0 Å². The van der Waals surface area contributed by atoms with Gasteiger partial charge in [0.1, 0.15) is 13.1 Å². The van der Waals surface area contributed by atoms with Crippen LogP contribution < -0.4 is 0 Å². The van der Waals surface area contributed by atoms with Crippen LogP contribution in [-0.4, -0.2) is 95.3 Å². The van der Waals surface area contributed by atoms with Crippen molar-refractivity contribution in [3.05, 3.63) is 0 Å². The van der Waals surface area contributed by atoms with Crippen molar-refractivity contribution in [3.63, 3.8) is 0 Å². The number of hydrogen-bond acceptors (Lipinski definition) is 6. The molecule has 1 fully saturated rings. The fourth-order valence-electron chi connectivity index (χ4n) is 3.25. The van der Waals surface area contributed by atoms with E-state index in [2.05, 4.69) is 10.1 Å². The molecule has 25 heavy (non-hydrogen) atoms. The van der Waals surface area contributed by atoms with E-state index in [9.17, 15) is 9.59 Å². The number of likely N-dealkylation sites (N-methyl/N-ethyl adjacent to an activating group) is 1. The van der Waals surface area contributed by atoms with Gasteiger partial charge in [-0.05, 0) is 13.3 Å². The number of ether oxygens (including phenoxy) is 1. The summed E-state index contributed by atoms with van der Waals surface area (Å²) in [4.78, 5) is 33.0. The van der Waals surface area contributed by atoms with E-state index in [0.29, 0.717) is 38.0 Å². The number of methoxy groups -OCH3 is 1. The lowest BCUT2D eigenvalue weighted by atomic mass is 10.1. The third-order valence-corrected chi connectivity index (χ3v) is 4.55. The SMILES string of the molecule is CCCCN1C(=O)C2C(=NC3=[N+]2CC(C)=NN3CCOC)N(C)C1=O. The summed E-state index contributed by atoms with van der Waals surface area (Å²) in [6.07, 6.45) is 1.71. The van der Waals surface area contributed by atoms with Crippen LogP contribution >= 0.6 is 0 Å². The van der Waals surface area contributed by atoms with E-state index in [1.54, 1.807) is 19.2 Å². The van der Waals surface area contributed by atoms with Crippen molar-refractivity contribution in [3.8, 4) is 0 Å². The second kappa shape index (κ2) is 6.91. The van der Waals surface area contributed by atoms with E-state index in [1.807, 2.05) is 18.4 Å². The lowest BCUT2D eigenvalue weighted by molar-refractivity contribution is -0.527. The second-order valence-corrected chi connectivity index (χ2v) is 6.44. The number of carbonyl (C=O) groups is 2. The van der Waals surface area contributed by atoms with Crippen molar-refractivity contribution >= 4 is 29.4 Å². The molecular weight excluding hydrogens is 324 g/mol. The summed E-state index contributed by atoms with van der Waals surface area (Å²) in [6, 6.07) is -0.875. The molecule has 0 aromatic carbocycles. The highest BCUT2D eigenvalue weighted by Gasteiger charge is 2.54. The maximum atomic E-state index is 13.0. The molecular formula is C16H25N6O3+. The maximum Gasteiger partial charge on any atom is 0.416 e. The first-order chi connectivity index (χ1) is 12.0. The van der Waals surface area contributed by atoms with E-state index in [-0.39, 0.29) is 11.9 Å². The molecule has 0 aromatic heterocycles. The summed E-state index contributed by atoms with van der Waals surface area (Å²) in [5.74, 6) is 0.879. The molecule has 3 heterocycles. The standard InChI is InChI=1S/C16H25N6O3/c1-5-6-7-20-14(23)12-13(19(3)16(20)24)17-15-21(12)10-11(2)18-22(15)8-9-25-4/h12H,5-10H2,1-4H3/q+1. The van der Waals surface area contributed by atoms with Gasteiger partial charge in [-0.15, -0.1) is 10.1 Å². The lowest BCUT2D eigenvalue weighted by Gasteiger charge is -2.34. The van der Waals surface area contributed by atoms with Gasteiger partial charge >= 0.3 is 12.0 Å². The lowest BCUT2D eigenvalue weighted by Crippen LogP contribution is -2.63. The van der Waals surface area contributed by atoms with Crippen LogP contribution in [0, 0.1) is 0 Å². The van der Waals surface area contributed by atoms with Crippen molar-refractivity contribution in [1.29, 1.82) is 0 Å². The third kappa shape index (κ3) is 2.92. The molecule has 0 radical (unpaired) electrons. The van der Waals surface area contributed by atoms with E-state index in [1.165, 1.54) is 9.80 Å². The Morgan fingerprint density at radius 2 is 2.08 bits per heavy atom. The van der Waals surface area contributed by atoms with Crippen molar-refractivity contribution in [2.24, 2.45) is 10.1 Å². The maximum absolute atomic E-state index is 13.0. The first kappa shape index (κ1) is 17.5. The highest BCUT2D eigenvalue weighted by molar-refractivity contribution is 6.23. The topological polar surface area (TPSA) is 80.8 Å². The molecule has 3 amide bonds. The monoisotopic (exact) mass is 349 g/mol. The minimum Gasteiger partial charge on any atom is -0.381 e. The average molecular weight is 349 g/mol. The molecule has 0 N–H and O–H groups in total.